The topological polar surface area (TPSA) is 47.6 Å². The van der Waals surface area contributed by atoms with Gasteiger partial charge in [-0.1, -0.05) is 18.9 Å². The van der Waals surface area contributed by atoms with Crippen molar-refractivity contribution in [1.82, 2.24) is 5.32 Å². The summed E-state index contributed by atoms with van der Waals surface area (Å²) in [6, 6.07) is 10.2. The van der Waals surface area contributed by atoms with Crippen molar-refractivity contribution in [2.24, 2.45) is 0 Å². The van der Waals surface area contributed by atoms with E-state index >= 15 is 0 Å². The lowest BCUT2D eigenvalue weighted by atomic mass is 9.78. The fourth-order valence-corrected chi connectivity index (χ4v) is 4.44. The average Bonchev–Trinajstić information content (AvgIpc) is 3.18. The van der Waals surface area contributed by atoms with Gasteiger partial charge >= 0.3 is 0 Å². The van der Waals surface area contributed by atoms with Crippen LogP contribution in [0.15, 0.2) is 40.9 Å². The Labute approximate surface area is 166 Å². The minimum Gasteiger partial charge on any atom is -0.486 e. The Morgan fingerprint density at radius 1 is 1.07 bits per heavy atom. The van der Waals surface area contributed by atoms with Crippen LogP contribution in [0, 0.1) is 5.82 Å². The van der Waals surface area contributed by atoms with Gasteiger partial charge in [0.25, 0.3) is 5.91 Å². The number of amides is 1. The van der Waals surface area contributed by atoms with Crippen molar-refractivity contribution in [3.05, 3.63) is 57.8 Å². The molecule has 0 atom stereocenters. The summed E-state index contributed by atoms with van der Waals surface area (Å²) in [5.74, 6) is 0.839. The molecule has 0 aromatic heterocycles. The van der Waals surface area contributed by atoms with Gasteiger partial charge in [0.2, 0.25) is 0 Å². The first-order valence-electron chi connectivity index (χ1n) is 9.21. The first-order valence-corrected chi connectivity index (χ1v) is 10.0. The van der Waals surface area contributed by atoms with Crippen molar-refractivity contribution in [1.29, 1.82) is 0 Å². The number of benzene rings is 2. The monoisotopic (exact) mass is 433 g/mol. The van der Waals surface area contributed by atoms with Crippen LogP contribution in [0.3, 0.4) is 0 Å². The van der Waals surface area contributed by atoms with E-state index in [-0.39, 0.29) is 11.3 Å². The summed E-state index contributed by atoms with van der Waals surface area (Å²) >= 11 is 3.33. The first-order chi connectivity index (χ1) is 13.1. The molecule has 1 fully saturated rings. The standard InChI is InChI=1S/C21H21BrFNO3/c22-17-5-4-15(23)12-16(17)20(25)24-13-21(7-1-2-8-21)14-3-6-18-19(11-14)27-10-9-26-18/h3-6,11-12H,1-2,7-10,13H2,(H,24,25). The van der Waals surface area contributed by atoms with E-state index in [9.17, 15) is 9.18 Å². The predicted octanol–water partition coefficient (Wildman–Crippen LogP) is 4.60. The molecule has 0 saturated heterocycles. The molecule has 4 nitrogen and oxygen atoms in total. The number of carbonyl (C=O) groups is 1. The lowest BCUT2D eigenvalue weighted by molar-refractivity contribution is 0.0941. The van der Waals surface area contributed by atoms with Crippen LogP contribution in [0.1, 0.15) is 41.6 Å². The minimum atomic E-state index is -0.425. The maximum Gasteiger partial charge on any atom is 0.252 e. The molecule has 2 aromatic rings. The largest absolute Gasteiger partial charge is 0.486 e. The number of hydrogen-bond donors (Lipinski definition) is 1. The van der Waals surface area contributed by atoms with Gasteiger partial charge in [0.05, 0.1) is 5.56 Å². The van der Waals surface area contributed by atoms with E-state index in [4.69, 9.17) is 9.47 Å². The zero-order chi connectivity index (χ0) is 18.9. The molecule has 142 valence electrons. The van der Waals surface area contributed by atoms with Gasteiger partial charge in [-0.2, -0.15) is 0 Å². The maximum absolute atomic E-state index is 13.5. The Hall–Kier alpha value is -2.08. The Balaban J connectivity index is 1.56. The molecule has 0 spiro atoms. The zero-order valence-electron chi connectivity index (χ0n) is 14.9. The molecule has 1 amide bonds. The number of rotatable bonds is 4. The molecule has 0 radical (unpaired) electrons. The third kappa shape index (κ3) is 3.68. The summed E-state index contributed by atoms with van der Waals surface area (Å²) in [4.78, 5) is 12.6. The van der Waals surface area contributed by atoms with Gasteiger partial charge in [-0.15, -0.1) is 0 Å². The van der Waals surface area contributed by atoms with Crippen LogP contribution in [0.4, 0.5) is 4.39 Å². The van der Waals surface area contributed by atoms with Crippen molar-refractivity contribution in [2.45, 2.75) is 31.1 Å². The molecule has 0 unspecified atom stereocenters. The molecular weight excluding hydrogens is 413 g/mol. The Morgan fingerprint density at radius 2 is 1.81 bits per heavy atom. The molecule has 1 heterocycles. The third-order valence-electron chi connectivity index (χ3n) is 5.48. The molecule has 1 N–H and O–H groups in total. The van der Waals surface area contributed by atoms with E-state index in [0.717, 1.165) is 42.7 Å². The number of hydrogen-bond acceptors (Lipinski definition) is 3. The van der Waals surface area contributed by atoms with E-state index in [1.54, 1.807) is 6.07 Å². The molecule has 2 aromatic carbocycles. The molecule has 6 heteroatoms. The summed E-state index contributed by atoms with van der Waals surface area (Å²) in [5, 5.41) is 3.02. The summed E-state index contributed by atoms with van der Waals surface area (Å²) in [7, 11) is 0. The molecule has 1 aliphatic carbocycles. The normalized spacial score (nSPS) is 17.6. The van der Waals surface area contributed by atoms with Crippen molar-refractivity contribution in [3.8, 4) is 11.5 Å². The lowest BCUT2D eigenvalue weighted by Crippen LogP contribution is -2.39. The van der Waals surface area contributed by atoms with E-state index in [1.165, 1.54) is 12.1 Å². The SMILES string of the molecule is O=C(NCC1(c2ccc3c(c2)OCCO3)CCCC1)c1cc(F)ccc1Br. The lowest BCUT2D eigenvalue weighted by Gasteiger charge is -2.31. The molecule has 1 saturated carbocycles. The van der Waals surface area contributed by atoms with Gasteiger partial charge in [-0.3, -0.25) is 4.79 Å². The summed E-state index contributed by atoms with van der Waals surface area (Å²) in [6.07, 6.45) is 4.23. The van der Waals surface area contributed by atoms with E-state index in [1.807, 2.05) is 12.1 Å². The van der Waals surface area contributed by atoms with E-state index < -0.39 is 5.82 Å². The fourth-order valence-electron chi connectivity index (χ4n) is 4.01. The molecule has 2 aliphatic rings. The van der Waals surface area contributed by atoms with Crippen LogP contribution in [0.25, 0.3) is 0 Å². The average molecular weight is 434 g/mol. The molecule has 0 bridgehead atoms. The van der Waals surface area contributed by atoms with Crippen LogP contribution in [0.2, 0.25) is 0 Å². The van der Waals surface area contributed by atoms with Crippen molar-refractivity contribution < 1.29 is 18.7 Å². The summed E-state index contributed by atoms with van der Waals surface area (Å²) in [6.45, 7) is 1.62. The Kier molecular flexibility index (Phi) is 5.08. The van der Waals surface area contributed by atoms with Gasteiger partial charge in [0, 0.05) is 16.4 Å². The number of fused-ring (bicyclic) bond motifs is 1. The molecule has 4 rings (SSSR count). The quantitative estimate of drug-likeness (QED) is 0.765. The Bertz CT molecular complexity index is 865. The van der Waals surface area contributed by atoms with Gasteiger partial charge in [-0.25, -0.2) is 4.39 Å². The second-order valence-corrected chi connectivity index (χ2v) is 8.01. The second kappa shape index (κ2) is 7.50. The second-order valence-electron chi connectivity index (χ2n) is 7.15. The smallest absolute Gasteiger partial charge is 0.252 e. The van der Waals surface area contributed by atoms with Crippen molar-refractivity contribution in [3.63, 3.8) is 0 Å². The highest BCUT2D eigenvalue weighted by molar-refractivity contribution is 9.10. The van der Waals surface area contributed by atoms with Gasteiger partial charge in [0.15, 0.2) is 11.5 Å². The van der Waals surface area contributed by atoms with Crippen molar-refractivity contribution >= 4 is 21.8 Å². The number of carbonyl (C=O) groups excluding carboxylic acids is 1. The third-order valence-corrected chi connectivity index (χ3v) is 6.17. The van der Waals surface area contributed by atoms with E-state index in [0.29, 0.717) is 29.8 Å². The molecule has 1 aliphatic heterocycles. The van der Waals surface area contributed by atoms with Gasteiger partial charge < -0.3 is 14.8 Å². The molecule has 27 heavy (non-hydrogen) atoms. The fraction of sp³-hybridized carbons (Fsp3) is 0.381. The van der Waals surface area contributed by atoms with E-state index in [2.05, 4.69) is 27.3 Å². The van der Waals surface area contributed by atoms with Crippen LogP contribution in [-0.2, 0) is 5.41 Å². The molecular formula is C21H21BrFNO3. The van der Waals surface area contributed by atoms with Gasteiger partial charge in [-0.05, 0) is 64.7 Å². The van der Waals surface area contributed by atoms with Crippen LogP contribution in [-0.4, -0.2) is 25.7 Å². The maximum atomic E-state index is 13.5. The van der Waals surface area contributed by atoms with Crippen LogP contribution >= 0.6 is 15.9 Å². The summed E-state index contributed by atoms with van der Waals surface area (Å²) < 4.78 is 25.5. The highest BCUT2D eigenvalue weighted by atomic mass is 79.9. The highest BCUT2D eigenvalue weighted by Crippen LogP contribution is 2.43. The minimum absolute atomic E-state index is 0.134. The first kappa shape index (κ1) is 18.3. The Morgan fingerprint density at radius 3 is 2.59 bits per heavy atom. The summed E-state index contributed by atoms with van der Waals surface area (Å²) in [5.41, 5.74) is 1.33. The van der Waals surface area contributed by atoms with Crippen LogP contribution in [0.5, 0.6) is 11.5 Å². The van der Waals surface area contributed by atoms with Crippen LogP contribution < -0.4 is 14.8 Å². The zero-order valence-corrected chi connectivity index (χ0v) is 16.5. The number of halogens is 2. The number of nitrogens with one attached hydrogen (secondary N) is 1. The highest BCUT2D eigenvalue weighted by Gasteiger charge is 2.37. The number of ether oxygens (including phenoxy) is 2. The van der Waals surface area contributed by atoms with Crippen molar-refractivity contribution in [2.75, 3.05) is 19.8 Å². The van der Waals surface area contributed by atoms with Gasteiger partial charge in [0.1, 0.15) is 19.0 Å². The predicted molar refractivity (Wildman–Crippen MR) is 104 cm³/mol.